The van der Waals surface area contributed by atoms with Gasteiger partial charge in [-0.2, -0.15) is 5.10 Å². The summed E-state index contributed by atoms with van der Waals surface area (Å²) in [6.45, 7) is 2.40. The van der Waals surface area contributed by atoms with E-state index in [1.54, 1.807) is 29.2 Å². The molecule has 8 heteroatoms. The van der Waals surface area contributed by atoms with Crippen LogP contribution in [0.5, 0.6) is 5.75 Å². The number of sulfonamides is 1. The lowest BCUT2D eigenvalue weighted by Gasteiger charge is -2.41. The number of para-hydroxylation sites is 1. The van der Waals surface area contributed by atoms with Gasteiger partial charge < -0.3 is 9.84 Å². The predicted molar refractivity (Wildman–Crippen MR) is 86.4 cm³/mol. The molecule has 128 valence electrons. The van der Waals surface area contributed by atoms with Gasteiger partial charge in [0, 0.05) is 18.7 Å². The Hall–Kier alpha value is -1.90. The second-order valence-electron chi connectivity index (χ2n) is 6.36. The van der Waals surface area contributed by atoms with Crippen molar-refractivity contribution in [3.63, 3.8) is 0 Å². The molecule has 0 spiro atoms. The van der Waals surface area contributed by atoms with Crippen LogP contribution in [0, 0.1) is 6.92 Å². The molecule has 4 rings (SSSR count). The third-order valence-corrected chi connectivity index (χ3v) is 6.13. The van der Waals surface area contributed by atoms with Gasteiger partial charge in [-0.1, -0.05) is 12.1 Å². The number of aryl methyl sites for hydroxylation is 1. The minimum atomic E-state index is -3.73. The highest BCUT2D eigenvalue weighted by Crippen LogP contribution is 2.36. The first-order valence-electron chi connectivity index (χ1n) is 7.91. The third kappa shape index (κ3) is 2.51. The number of hydrogen-bond acceptors (Lipinski definition) is 5. The summed E-state index contributed by atoms with van der Waals surface area (Å²) in [6.07, 6.45) is 3.95. The van der Waals surface area contributed by atoms with Crippen LogP contribution in [0.2, 0.25) is 0 Å². The lowest BCUT2D eigenvalue weighted by molar-refractivity contribution is 0.000512. The van der Waals surface area contributed by atoms with Crippen LogP contribution in [0.4, 0.5) is 0 Å². The van der Waals surface area contributed by atoms with E-state index >= 15 is 0 Å². The Bertz CT molecular complexity index is 877. The van der Waals surface area contributed by atoms with E-state index in [1.165, 1.54) is 0 Å². The van der Waals surface area contributed by atoms with E-state index < -0.39 is 28.2 Å². The molecule has 3 atom stereocenters. The van der Waals surface area contributed by atoms with Crippen molar-refractivity contribution in [3.8, 4) is 5.75 Å². The Morgan fingerprint density at radius 1 is 1.42 bits per heavy atom. The number of hydrogen-bond donors (Lipinski definition) is 2. The van der Waals surface area contributed by atoms with Crippen molar-refractivity contribution in [1.82, 2.24) is 14.5 Å². The Balaban J connectivity index is 1.60. The summed E-state index contributed by atoms with van der Waals surface area (Å²) in [5, 5.41) is 14.2. The van der Waals surface area contributed by atoms with Gasteiger partial charge in [-0.3, -0.25) is 4.68 Å². The van der Waals surface area contributed by atoms with Crippen LogP contribution in [0.15, 0.2) is 35.5 Å². The topological polar surface area (TPSA) is 93.5 Å². The first-order valence-corrected chi connectivity index (χ1v) is 9.40. The smallest absolute Gasteiger partial charge is 0.244 e. The highest BCUT2D eigenvalue weighted by Gasteiger charge is 2.44. The number of aliphatic hydroxyl groups is 1. The Morgan fingerprint density at radius 2 is 2.25 bits per heavy atom. The van der Waals surface area contributed by atoms with E-state index in [0.29, 0.717) is 18.8 Å². The first kappa shape index (κ1) is 15.6. The fourth-order valence-electron chi connectivity index (χ4n) is 3.35. The second-order valence-corrected chi connectivity index (χ2v) is 8.04. The number of nitrogens with zero attached hydrogens (tertiary/aromatic N) is 2. The van der Waals surface area contributed by atoms with E-state index in [-0.39, 0.29) is 4.90 Å². The van der Waals surface area contributed by atoms with Gasteiger partial charge in [0.25, 0.3) is 0 Å². The molecular weight excluding hydrogens is 330 g/mol. The normalized spacial score (nSPS) is 25.8. The van der Waals surface area contributed by atoms with Crippen LogP contribution in [0.25, 0.3) is 0 Å². The Morgan fingerprint density at radius 3 is 2.96 bits per heavy atom. The summed E-state index contributed by atoms with van der Waals surface area (Å²) in [6, 6.07) is 4.36. The lowest BCUT2D eigenvalue weighted by atomic mass is 9.84. The number of rotatable bonds is 4. The maximum absolute atomic E-state index is 12.8. The third-order valence-electron chi connectivity index (χ3n) is 4.61. The molecule has 2 aliphatic rings. The summed E-state index contributed by atoms with van der Waals surface area (Å²) in [5.74, 6) is 0.441. The molecule has 2 N–H and O–H groups in total. The molecule has 1 aromatic heterocycles. The predicted octanol–water partition coefficient (Wildman–Crippen LogP) is 0.779. The molecule has 1 aliphatic carbocycles. The number of aliphatic hydroxyl groups excluding tert-OH is 1. The van der Waals surface area contributed by atoms with E-state index in [4.69, 9.17) is 4.74 Å². The zero-order valence-corrected chi connectivity index (χ0v) is 14.0. The molecule has 0 bridgehead atoms. The number of aromatic nitrogens is 2. The summed E-state index contributed by atoms with van der Waals surface area (Å²) < 4.78 is 35.4. The zero-order chi connectivity index (χ0) is 16.9. The Kier molecular flexibility index (Phi) is 3.63. The number of benzene rings is 1. The van der Waals surface area contributed by atoms with Crippen LogP contribution >= 0.6 is 0 Å². The van der Waals surface area contributed by atoms with Crippen molar-refractivity contribution >= 4 is 10.0 Å². The van der Waals surface area contributed by atoms with E-state index in [2.05, 4.69) is 9.82 Å². The second kappa shape index (κ2) is 5.58. The lowest BCUT2D eigenvalue weighted by Crippen LogP contribution is -2.56. The maximum atomic E-state index is 12.8. The molecule has 0 amide bonds. The quantitative estimate of drug-likeness (QED) is 0.851. The molecule has 0 unspecified atom stereocenters. The zero-order valence-electron chi connectivity index (χ0n) is 13.2. The largest absolute Gasteiger partial charge is 0.492 e. The van der Waals surface area contributed by atoms with Crippen molar-refractivity contribution in [3.05, 3.63) is 41.7 Å². The summed E-state index contributed by atoms with van der Waals surface area (Å²) >= 11 is 0. The van der Waals surface area contributed by atoms with Crippen molar-refractivity contribution in [2.45, 2.75) is 42.8 Å². The van der Waals surface area contributed by atoms with Crippen molar-refractivity contribution < 1.29 is 18.3 Å². The van der Waals surface area contributed by atoms with Crippen molar-refractivity contribution in [2.75, 3.05) is 6.61 Å². The summed E-state index contributed by atoms with van der Waals surface area (Å²) in [5.41, 5.74) is 1.87. The number of ether oxygens (including phenoxy) is 1. The molecule has 1 fully saturated rings. The monoisotopic (exact) mass is 349 g/mol. The molecule has 1 saturated carbocycles. The fourth-order valence-corrected chi connectivity index (χ4v) is 4.80. The summed E-state index contributed by atoms with van der Waals surface area (Å²) in [4.78, 5) is 0.161. The number of nitrogens with one attached hydrogen (secondary N) is 1. The van der Waals surface area contributed by atoms with Crippen molar-refractivity contribution in [2.24, 2.45) is 0 Å². The first-order chi connectivity index (χ1) is 11.5. The average molecular weight is 349 g/mol. The standard InChI is InChI=1S/C16H19N3O4S/c1-10-8-17-19(9-10)15-12(7-13(15)20)18-24(21,22)14-4-2-3-11-5-6-23-16(11)14/h2-4,8-9,12-13,15,18,20H,5-7H2,1H3/t12-,13+,15+/m0/s1. The average Bonchev–Trinajstić information content (AvgIpc) is 3.14. The highest BCUT2D eigenvalue weighted by molar-refractivity contribution is 7.89. The molecular formula is C16H19N3O4S. The number of fused-ring (bicyclic) bond motifs is 1. The van der Waals surface area contributed by atoms with Crippen LogP contribution in [0.3, 0.4) is 0 Å². The van der Waals surface area contributed by atoms with Gasteiger partial charge in [-0.15, -0.1) is 0 Å². The van der Waals surface area contributed by atoms with Crippen LogP contribution < -0.4 is 9.46 Å². The molecule has 7 nitrogen and oxygen atoms in total. The fraction of sp³-hybridized carbons (Fsp3) is 0.438. The van der Waals surface area contributed by atoms with Gasteiger partial charge in [0.15, 0.2) is 0 Å². The summed E-state index contributed by atoms with van der Waals surface area (Å²) in [7, 11) is -3.73. The molecule has 1 aliphatic heterocycles. The van der Waals surface area contributed by atoms with Gasteiger partial charge >= 0.3 is 0 Å². The van der Waals surface area contributed by atoms with E-state index in [0.717, 1.165) is 17.5 Å². The molecule has 2 aromatic rings. The molecule has 1 aromatic carbocycles. The van der Waals surface area contributed by atoms with Crippen molar-refractivity contribution in [1.29, 1.82) is 0 Å². The maximum Gasteiger partial charge on any atom is 0.244 e. The van der Waals surface area contributed by atoms with Gasteiger partial charge in [0.05, 0.1) is 24.9 Å². The Labute approximate surface area is 140 Å². The van der Waals surface area contributed by atoms with E-state index in [1.807, 2.05) is 13.0 Å². The minimum absolute atomic E-state index is 0.161. The minimum Gasteiger partial charge on any atom is -0.492 e. The molecule has 0 radical (unpaired) electrons. The van der Waals surface area contributed by atoms with Gasteiger partial charge in [0.2, 0.25) is 10.0 Å². The van der Waals surface area contributed by atoms with Crippen LogP contribution in [-0.2, 0) is 16.4 Å². The van der Waals surface area contributed by atoms with Gasteiger partial charge in [-0.05, 0) is 30.5 Å². The molecule has 2 heterocycles. The molecule has 24 heavy (non-hydrogen) atoms. The highest BCUT2D eigenvalue weighted by atomic mass is 32.2. The molecule has 0 saturated heterocycles. The SMILES string of the molecule is Cc1cnn([C@H]2[C@H](O)C[C@@H]2NS(=O)(=O)c2cccc3c2OCC3)c1. The van der Waals surface area contributed by atoms with Gasteiger partial charge in [0.1, 0.15) is 10.6 Å². The van der Waals surface area contributed by atoms with E-state index in [9.17, 15) is 13.5 Å². The van der Waals surface area contributed by atoms with Crippen LogP contribution in [-0.4, -0.2) is 42.1 Å². The van der Waals surface area contributed by atoms with Gasteiger partial charge in [-0.25, -0.2) is 13.1 Å². The van der Waals surface area contributed by atoms with Crippen LogP contribution in [0.1, 0.15) is 23.6 Å².